The molecule has 0 saturated carbocycles. The Morgan fingerprint density at radius 2 is 1.90 bits per heavy atom. The van der Waals surface area contributed by atoms with Crippen LogP contribution in [0.15, 0.2) is 48.7 Å². The maximum Gasteiger partial charge on any atom is 0.326 e. The summed E-state index contributed by atoms with van der Waals surface area (Å²) in [6.07, 6.45) is 1.36. The standard InChI is InChI=1S/C21H17F3N4O2S/c22-15-3-1-2-14(8-15)12-27-6-7-28(21(27)30)20-26-11-18(31-20)19(29)25-10-13-4-5-16(23)17(24)9-13/h1-5,8-9,11H,6-7,10,12H2,(H,25,29). The molecule has 3 amide bonds. The van der Waals surface area contributed by atoms with Crippen molar-refractivity contribution in [3.8, 4) is 0 Å². The largest absolute Gasteiger partial charge is 0.347 e. The van der Waals surface area contributed by atoms with Crippen LogP contribution in [0.25, 0.3) is 0 Å². The number of urea groups is 1. The summed E-state index contributed by atoms with van der Waals surface area (Å²) >= 11 is 1.05. The molecule has 2 heterocycles. The zero-order valence-corrected chi connectivity index (χ0v) is 17.0. The number of rotatable bonds is 6. The third kappa shape index (κ3) is 4.69. The van der Waals surface area contributed by atoms with Crippen molar-refractivity contribution in [3.05, 3.63) is 82.1 Å². The van der Waals surface area contributed by atoms with Gasteiger partial charge in [-0.3, -0.25) is 9.69 Å². The third-order valence-corrected chi connectivity index (χ3v) is 5.76. The zero-order chi connectivity index (χ0) is 22.0. The van der Waals surface area contributed by atoms with Gasteiger partial charge in [-0.2, -0.15) is 0 Å². The molecule has 2 aromatic carbocycles. The van der Waals surface area contributed by atoms with Gasteiger partial charge in [0.05, 0.1) is 6.20 Å². The van der Waals surface area contributed by atoms with Crippen molar-refractivity contribution in [1.29, 1.82) is 0 Å². The summed E-state index contributed by atoms with van der Waals surface area (Å²) in [5.74, 6) is -2.73. The monoisotopic (exact) mass is 446 g/mol. The van der Waals surface area contributed by atoms with E-state index < -0.39 is 17.5 Å². The van der Waals surface area contributed by atoms with E-state index in [1.165, 1.54) is 29.3 Å². The van der Waals surface area contributed by atoms with E-state index in [1.807, 2.05) is 0 Å². The van der Waals surface area contributed by atoms with E-state index in [2.05, 4.69) is 10.3 Å². The Kier molecular flexibility index (Phi) is 5.90. The fourth-order valence-electron chi connectivity index (χ4n) is 3.18. The van der Waals surface area contributed by atoms with Crippen LogP contribution in [0.1, 0.15) is 20.8 Å². The molecule has 0 bridgehead atoms. The Morgan fingerprint density at radius 1 is 1.06 bits per heavy atom. The number of halogens is 3. The van der Waals surface area contributed by atoms with Crippen LogP contribution < -0.4 is 10.2 Å². The SMILES string of the molecule is O=C(NCc1ccc(F)c(F)c1)c1cnc(N2CCN(Cc3cccc(F)c3)C2=O)s1. The van der Waals surface area contributed by atoms with Crippen LogP contribution in [0.3, 0.4) is 0 Å². The van der Waals surface area contributed by atoms with Crippen molar-refractivity contribution in [1.82, 2.24) is 15.2 Å². The van der Waals surface area contributed by atoms with Crippen LogP contribution in [0.5, 0.6) is 0 Å². The molecule has 160 valence electrons. The molecule has 3 aromatic rings. The van der Waals surface area contributed by atoms with Crippen LogP contribution in [0.4, 0.5) is 23.1 Å². The van der Waals surface area contributed by atoms with E-state index in [0.29, 0.717) is 29.3 Å². The van der Waals surface area contributed by atoms with Crippen molar-refractivity contribution >= 4 is 28.4 Å². The van der Waals surface area contributed by atoms with Gasteiger partial charge in [0.15, 0.2) is 16.8 Å². The number of nitrogens with one attached hydrogen (secondary N) is 1. The number of carbonyl (C=O) groups excluding carboxylic acids is 2. The van der Waals surface area contributed by atoms with Crippen LogP contribution in [-0.4, -0.2) is 34.9 Å². The van der Waals surface area contributed by atoms with Crippen molar-refractivity contribution in [2.45, 2.75) is 13.1 Å². The summed E-state index contributed by atoms with van der Waals surface area (Å²) in [7, 11) is 0. The van der Waals surface area contributed by atoms with Gasteiger partial charge in [0.2, 0.25) is 0 Å². The first-order chi connectivity index (χ1) is 14.9. The van der Waals surface area contributed by atoms with Gasteiger partial charge in [-0.1, -0.05) is 29.5 Å². The van der Waals surface area contributed by atoms with Gasteiger partial charge in [0.25, 0.3) is 5.91 Å². The molecule has 0 unspecified atom stereocenters. The molecule has 31 heavy (non-hydrogen) atoms. The van der Waals surface area contributed by atoms with E-state index in [-0.39, 0.29) is 29.8 Å². The second kappa shape index (κ2) is 8.76. The lowest BCUT2D eigenvalue weighted by Gasteiger charge is -2.16. The fourth-order valence-corrected chi connectivity index (χ4v) is 4.03. The molecule has 0 atom stereocenters. The number of aromatic nitrogens is 1. The first kappa shape index (κ1) is 20.9. The number of hydrogen-bond acceptors (Lipinski definition) is 4. The summed E-state index contributed by atoms with van der Waals surface area (Å²) in [6.45, 7) is 1.15. The maximum atomic E-state index is 13.4. The highest BCUT2D eigenvalue weighted by molar-refractivity contribution is 7.17. The highest BCUT2D eigenvalue weighted by Crippen LogP contribution is 2.27. The highest BCUT2D eigenvalue weighted by atomic mass is 32.1. The topological polar surface area (TPSA) is 65.5 Å². The average molecular weight is 446 g/mol. The Labute approximate surface area is 179 Å². The molecule has 1 aliphatic heterocycles. The number of carbonyl (C=O) groups is 2. The molecule has 0 radical (unpaired) electrons. The van der Waals surface area contributed by atoms with Crippen molar-refractivity contribution in [2.24, 2.45) is 0 Å². The quantitative estimate of drug-likeness (QED) is 0.624. The molecular weight excluding hydrogens is 429 g/mol. The van der Waals surface area contributed by atoms with Gasteiger partial charge in [0, 0.05) is 26.2 Å². The predicted molar refractivity (Wildman–Crippen MR) is 109 cm³/mol. The summed E-state index contributed by atoms with van der Waals surface area (Å²) in [4.78, 5) is 32.6. The molecule has 1 aliphatic rings. The first-order valence-corrected chi connectivity index (χ1v) is 10.2. The first-order valence-electron chi connectivity index (χ1n) is 9.39. The highest BCUT2D eigenvalue weighted by Gasteiger charge is 2.31. The van der Waals surface area contributed by atoms with E-state index in [4.69, 9.17) is 0 Å². The Morgan fingerprint density at radius 3 is 2.68 bits per heavy atom. The van der Waals surface area contributed by atoms with E-state index >= 15 is 0 Å². The Balaban J connectivity index is 1.37. The molecule has 1 fully saturated rings. The van der Waals surface area contributed by atoms with Gasteiger partial charge < -0.3 is 10.2 Å². The summed E-state index contributed by atoms with van der Waals surface area (Å²) < 4.78 is 39.6. The number of amides is 3. The fraction of sp³-hybridized carbons (Fsp3) is 0.190. The minimum atomic E-state index is -0.984. The zero-order valence-electron chi connectivity index (χ0n) is 16.1. The summed E-state index contributed by atoms with van der Waals surface area (Å²) in [6, 6.07) is 9.19. The van der Waals surface area contributed by atoms with Crippen LogP contribution in [-0.2, 0) is 13.1 Å². The van der Waals surface area contributed by atoms with Crippen molar-refractivity contribution in [3.63, 3.8) is 0 Å². The Hall–Kier alpha value is -3.40. The predicted octanol–water partition coefficient (Wildman–Crippen LogP) is 3.93. The smallest absolute Gasteiger partial charge is 0.326 e. The molecule has 0 spiro atoms. The van der Waals surface area contributed by atoms with E-state index in [1.54, 1.807) is 17.0 Å². The number of hydrogen-bond donors (Lipinski definition) is 1. The van der Waals surface area contributed by atoms with Gasteiger partial charge in [-0.05, 0) is 35.4 Å². The van der Waals surface area contributed by atoms with Gasteiger partial charge in [-0.15, -0.1) is 0 Å². The molecular formula is C21H17F3N4O2S. The van der Waals surface area contributed by atoms with Gasteiger partial charge >= 0.3 is 6.03 Å². The normalized spacial score (nSPS) is 13.7. The maximum absolute atomic E-state index is 13.4. The lowest BCUT2D eigenvalue weighted by atomic mass is 10.2. The summed E-state index contributed by atoms with van der Waals surface area (Å²) in [5.41, 5.74) is 1.10. The van der Waals surface area contributed by atoms with Crippen LogP contribution >= 0.6 is 11.3 Å². The summed E-state index contributed by atoms with van der Waals surface area (Å²) in [5, 5.41) is 3.00. The third-order valence-electron chi connectivity index (χ3n) is 4.74. The number of thiazole rings is 1. The van der Waals surface area contributed by atoms with E-state index in [0.717, 1.165) is 23.5 Å². The molecule has 1 N–H and O–H groups in total. The second-order valence-corrected chi connectivity index (χ2v) is 7.93. The Bertz CT molecular complexity index is 1140. The molecule has 1 aromatic heterocycles. The van der Waals surface area contributed by atoms with Gasteiger partial charge in [0.1, 0.15) is 10.7 Å². The molecule has 0 aliphatic carbocycles. The number of nitrogens with zero attached hydrogens (tertiary/aromatic N) is 3. The molecule has 10 heteroatoms. The molecule has 1 saturated heterocycles. The second-order valence-electron chi connectivity index (χ2n) is 6.92. The van der Waals surface area contributed by atoms with Gasteiger partial charge in [-0.25, -0.2) is 22.9 Å². The molecule has 4 rings (SSSR count). The van der Waals surface area contributed by atoms with E-state index in [9.17, 15) is 22.8 Å². The number of benzene rings is 2. The lowest BCUT2D eigenvalue weighted by Crippen LogP contribution is -2.31. The minimum absolute atomic E-state index is 0.0212. The number of anilines is 1. The minimum Gasteiger partial charge on any atom is -0.347 e. The average Bonchev–Trinajstić information content (AvgIpc) is 3.36. The van der Waals surface area contributed by atoms with Crippen molar-refractivity contribution < 1.29 is 22.8 Å². The lowest BCUT2D eigenvalue weighted by molar-refractivity contribution is 0.0954. The molecule has 6 nitrogen and oxygen atoms in total. The van der Waals surface area contributed by atoms with Crippen LogP contribution in [0.2, 0.25) is 0 Å². The van der Waals surface area contributed by atoms with Crippen LogP contribution in [0, 0.1) is 17.5 Å². The van der Waals surface area contributed by atoms with Crippen molar-refractivity contribution in [2.75, 3.05) is 18.0 Å².